The van der Waals surface area contributed by atoms with E-state index in [2.05, 4.69) is 23.5 Å². The Bertz CT molecular complexity index is 296. The monoisotopic (exact) mass is 161 g/mol. The molecule has 0 saturated heterocycles. The lowest BCUT2D eigenvalue weighted by molar-refractivity contribution is -0.109. The van der Waals surface area contributed by atoms with E-state index >= 15 is 0 Å². The van der Waals surface area contributed by atoms with E-state index in [1.165, 1.54) is 11.1 Å². The summed E-state index contributed by atoms with van der Waals surface area (Å²) < 4.78 is 0. The first-order valence-electron chi connectivity index (χ1n) is 4.16. The van der Waals surface area contributed by atoms with Crippen LogP contribution in [0.4, 0.5) is 0 Å². The Balaban J connectivity index is 2.05. The van der Waals surface area contributed by atoms with Crippen molar-refractivity contribution in [2.24, 2.45) is 0 Å². The first-order chi connectivity index (χ1) is 5.92. The Hall–Kier alpha value is -1.31. The average molecular weight is 161 g/mol. The molecule has 1 aliphatic rings. The summed E-state index contributed by atoms with van der Waals surface area (Å²) in [7, 11) is 0. The number of nitrogens with one attached hydrogen (secondary N) is 1. The van der Waals surface area contributed by atoms with Gasteiger partial charge in [-0.25, -0.2) is 0 Å². The summed E-state index contributed by atoms with van der Waals surface area (Å²) in [6, 6.07) is 8.39. The molecule has 1 aromatic carbocycles. The Morgan fingerprint density at radius 3 is 3.08 bits per heavy atom. The molecule has 1 amide bonds. The number of hydrogen-bond acceptors (Lipinski definition) is 1. The molecule has 0 spiro atoms. The molecule has 0 heterocycles. The second kappa shape index (κ2) is 2.97. The molecule has 1 aliphatic carbocycles. The molecule has 2 nitrogen and oxygen atoms in total. The van der Waals surface area contributed by atoms with E-state index < -0.39 is 0 Å². The Labute approximate surface area is 71.6 Å². The van der Waals surface area contributed by atoms with Gasteiger partial charge >= 0.3 is 0 Å². The number of hydrogen-bond donors (Lipinski definition) is 1. The van der Waals surface area contributed by atoms with Gasteiger partial charge < -0.3 is 5.32 Å². The van der Waals surface area contributed by atoms with Gasteiger partial charge in [-0.1, -0.05) is 24.3 Å². The van der Waals surface area contributed by atoms with Crippen molar-refractivity contribution in [3.05, 3.63) is 35.4 Å². The molecule has 2 heteroatoms. The van der Waals surface area contributed by atoms with E-state index in [4.69, 9.17) is 0 Å². The van der Waals surface area contributed by atoms with Gasteiger partial charge in [0.15, 0.2) is 0 Å². The minimum Gasteiger partial charge on any atom is -0.358 e. The van der Waals surface area contributed by atoms with Gasteiger partial charge in [-0.15, -0.1) is 0 Å². The highest BCUT2D eigenvalue weighted by Crippen LogP contribution is 2.33. The van der Waals surface area contributed by atoms with Crippen LogP contribution in [0.1, 0.15) is 17.0 Å². The van der Waals surface area contributed by atoms with Gasteiger partial charge in [0.2, 0.25) is 6.41 Å². The Kier molecular flexibility index (Phi) is 1.82. The summed E-state index contributed by atoms with van der Waals surface area (Å²) in [6.07, 6.45) is 1.87. The maximum absolute atomic E-state index is 10.1. The van der Waals surface area contributed by atoms with Gasteiger partial charge in [0.05, 0.1) is 0 Å². The maximum Gasteiger partial charge on any atom is 0.207 e. The lowest BCUT2D eigenvalue weighted by Gasteiger charge is -2.29. The minimum absolute atomic E-state index is 0.548. The van der Waals surface area contributed by atoms with Crippen molar-refractivity contribution in [3.63, 3.8) is 0 Å². The molecule has 0 fully saturated rings. The van der Waals surface area contributed by atoms with Crippen molar-refractivity contribution in [3.8, 4) is 0 Å². The van der Waals surface area contributed by atoms with Crippen LogP contribution in [0, 0.1) is 0 Å². The minimum atomic E-state index is 0.548. The van der Waals surface area contributed by atoms with E-state index in [1.54, 1.807) is 0 Å². The van der Waals surface area contributed by atoms with Crippen LogP contribution in [-0.2, 0) is 11.2 Å². The van der Waals surface area contributed by atoms with Crippen molar-refractivity contribution in [1.82, 2.24) is 5.32 Å². The standard InChI is InChI=1S/C10H11NO/c12-7-11-6-9-5-8-3-1-2-4-10(8)9/h1-4,7,9H,5-6H2,(H,11,12). The van der Waals surface area contributed by atoms with E-state index in [-0.39, 0.29) is 0 Å². The third kappa shape index (κ3) is 1.09. The lowest BCUT2D eigenvalue weighted by atomic mass is 9.78. The van der Waals surface area contributed by atoms with Crippen LogP contribution in [0.15, 0.2) is 24.3 Å². The normalized spacial score (nSPS) is 19.2. The molecule has 1 unspecified atom stereocenters. The molecule has 1 atom stereocenters. The lowest BCUT2D eigenvalue weighted by Crippen LogP contribution is -2.28. The van der Waals surface area contributed by atoms with Gasteiger partial charge in [-0.2, -0.15) is 0 Å². The summed E-state index contributed by atoms with van der Waals surface area (Å²) >= 11 is 0. The zero-order chi connectivity index (χ0) is 8.39. The average Bonchev–Trinajstić information content (AvgIpc) is 2.07. The van der Waals surface area contributed by atoms with Crippen LogP contribution < -0.4 is 5.32 Å². The number of fused-ring (bicyclic) bond motifs is 1. The van der Waals surface area contributed by atoms with Crippen molar-refractivity contribution < 1.29 is 4.79 Å². The number of amides is 1. The molecule has 0 bridgehead atoms. The molecule has 0 radical (unpaired) electrons. The molecule has 1 aromatic rings. The predicted molar refractivity (Wildman–Crippen MR) is 47.0 cm³/mol. The van der Waals surface area contributed by atoms with Gasteiger partial charge in [0, 0.05) is 12.5 Å². The van der Waals surface area contributed by atoms with Gasteiger partial charge in [-0.05, 0) is 17.5 Å². The van der Waals surface area contributed by atoms with Crippen molar-refractivity contribution in [2.45, 2.75) is 12.3 Å². The van der Waals surface area contributed by atoms with E-state index in [1.807, 2.05) is 6.07 Å². The third-order valence-corrected chi connectivity index (χ3v) is 2.41. The summed E-state index contributed by atoms with van der Waals surface area (Å²) in [4.78, 5) is 10.1. The second-order valence-corrected chi connectivity index (χ2v) is 3.13. The maximum atomic E-state index is 10.1. The summed E-state index contributed by atoms with van der Waals surface area (Å²) in [5.41, 5.74) is 2.82. The molecule has 0 aromatic heterocycles. The molecule has 1 N–H and O–H groups in total. The summed E-state index contributed by atoms with van der Waals surface area (Å²) in [5, 5.41) is 2.71. The van der Waals surface area contributed by atoms with E-state index in [0.717, 1.165) is 19.4 Å². The first kappa shape index (κ1) is 7.35. The zero-order valence-electron chi connectivity index (χ0n) is 6.79. The van der Waals surface area contributed by atoms with E-state index in [0.29, 0.717) is 5.92 Å². The quantitative estimate of drug-likeness (QED) is 0.660. The van der Waals surface area contributed by atoms with Gasteiger partial charge in [0.1, 0.15) is 0 Å². The summed E-state index contributed by atoms with van der Waals surface area (Å²) in [6.45, 7) is 0.778. The topological polar surface area (TPSA) is 29.1 Å². The number of rotatable bonds is 3. The number of carbonyl (C=O) groups excluding carboxylic acids is 1. The van der Waals surface area contributed by atoms with Crippen LogP contribution in [0.2, 0.25) is 0 Å². The molecule has 62 valence electrons. The van der Waals surface area contributed by atoms with Crippen LogP contribution in [0.25, 0.3) is 0 Å². The fourth-order valence-corrected chi connectivity index (χ4v) is 1.74. The largest absolute Gasteiger partial charge is 0.358 e. The molecular weight excluding hydrogens is 150 g/mol. The first-order valence-corrected chi connectivity index (χ1v) is 4.16. The van der Waals surface area contributed by atoms with Gasteiger partial charge in [0.25, 0.3) is 0 Å². The number of benzene rings is 1. The molecule has 0 aliphatic heterocycles. The van der Waals surface area contributed by atoms with Crippen LogP contribution in [-0.4, -0.2) is 13.0 Å². The fraction of sp³-hybridized carbons (Fsp3) is 0.300. The fourth-order valence-electron chi connectivity index (χ4n) is 1.74. The third-order valence-electron chi connectivity index (χ3n) is 2.41. The van der Waals surface area contributed by atoms with Gasteiger partial charge in [-0.3, -0.25) is 4.79 Å². The SMILES string of the molecule is O=CNCC1Cc2ccccc21. The molecular formula is C10H11NO. The Morgan fingerprint density at radius 1 is 1.50 bits per heavy atom. The second-order valence-electron chi connectivity index (χ2n) is 3.13. The van der Waals surface area contributed by atoms with E-state index in [9.17, 15) is 4.79 Å². The van der Waals surface area contributed by atoms with Crippen molar-refractivity contribution in [2.75, 3.05) is 6.54 Å². The predicted octanol–water partition coefficient (Wildman–Crippen LogP) is 1.07. The number of carbonyl (C=O) groups is 1. The molecule has 12 heavy (non-hydrogen) atoms. The van der Waals surface area contributed by atoms with Crippen LogP contribution in [0.3, 0.4) is 0 Å². The van der Waals surface area contributed by atoms with Crippen molar-refractivity contribution in [1.29, 1.82) is 0 Å². The Morgan fingerprint density at radius 2 is 2.33 bits per heavy atom. The highest BCUT2D eigenvalue weighted by atomic mass is 16.1. The highest BCUT2D eigenvalue weighted by Gasteiger charge is 2.24. The molecule has 0 saturated carbocycles. The van der Waals surface area contributed by atoms with Crippen molar-refractivity contribution >= 4 is 6.41 Å². The van der Waals surface area contributed by atoms with Crippen LogP contribution in [0.5, 0.6) is 0 Å². The summed E-state index contributed by atoms with van der Waals surface area (Å²) in [5.74, 6) is 0.548. The van der Waals surface area contributed by atoms with Crippen LogP contribution >= 0.6 is 0 Å². The molecule has 2 rings (SSSR count). The smallest absolute Gasteiger partial charge is 0.207 e. The zero-order valence-corrected chi connectivity index (χ0v) is 6.79. The highest BCUT2D eigenvalue weighted by molar-refractivity contribution is 5.47.